The Balaban J connectivity index is 1.35. The Hall–Kier alpha value is -0.510. The normalized spacial score (nSPS) is 19.1. The molecule has 2 saturated carbocycles. The molecule has 0 aliphatic heterocycles. The van der Waals surface area contributed by atoms with Gasteiger partial charge in [-0.1, -0.05) is 23.9 Å². The third-order valence-corrected chi connectivity index (χ3v) is 4.34. The molecule has 98 valence electrons. The van der Waals surface area contributed by atoms with Crippen LogP contribution in [0.2, 0.25) is 0 Å². The molecule has 2 aliphatic rings. The molecule has 0 amide bonds. The van der Waals surface area contributed by atoms with Crippen molar-refractivity contribution in [1.82, 2.24) is 5.32 Å². The second kappa shape index (κ2) is 6.09. The first kappa shape index (κ1) is 12.5. The van der Waals surface area contributed by atoms with Crippen LogP contribution in [0.25, 0.3) is 0 Å². The average molecular weight is 263 g/mol. The zero-order valence-electron chi connectivity index (χ0n) is 10.7. The topological polar surface area (TPSA) is 21.3 Å². The van der Waals surface area contributed by atoms with Gasteiger partial charge < -0.3 is 10.1 Å². The fourth-order valence-electron chi connectivity index (χ4n) is 1.86. The Morgan fingerprint density at radius 3 is 2.56 bits per heavy atom. The summed E-state index contributed by atoms with van der Waals surface area (Å²) in [6.07, 6.45) is 5.44. The molecule has 0 heterocycles. The largest absolute Gasteiger partial charge is 0.370 e. The Bertz CT molecular complexity index is 371. The van der Waals surface area contributed by atoms with Gasteiger partial charge in [0, 0.05) is 17.5 Å². The molecule has 3 heteroatoms. The number of hydrogen-bond acceptors (Lipinski definition) is 3. The van der Waals surface area contributed by atoms with Gasteiger partial charge >= 0.3 is 0 Å². The molecule has 2 nitrogen and oxygen atoms in total. The van der Waals surface area contributed by atoms with E-state index in [4.69, 9.17) is 4.74 Å². The lowest BCUT2D eigenvalue weighted by Crippen LogP contribution is -2.14. The van der Waals surface area contributed by atoms with E-state index in [-0.39, 0.29) is 0 Å². The summed E-state index contributed by atoms with van der Waals surface area (Å²) >= 11 is 1.79. The van der Waals surface area contributed by atoms with Crippen LogP contribution in [0.15, 0.2) is 29.2 Å². The van der Waals surface area contributed by atoms with Gasteiger partial charge in [0.15, 0.2) is 0 Å². The Morgan fingerprint density at radius 1 is 1.11 bits per heavy atom. The summed E-state index contributed by atoms with van der Waals surface area (Å²) in [7, 11) is 0. The fraction of sp³-hybridized carbons (Fsp3) is 0.600. The van der Waals surface area contributed by atoms with Crippen LogP contribution in [-0.4, -0.2) is 18.6 Å². The van der Waals surface area contributed by atoms with Gasteiger partial charge in [-0.05, 0) is 49.3 Å². The monoisotopic (exact) mass is 263 g/mol. The first-order chi connectivity index (χ1) is 8.90. The van der Waals surface area contributed by atoms with Gasteiger partial charge in [-0.2, -0.15) is 0 Å². The molecule has 1 aromatic carbocycles. The van der Waals surface area contributed by atoms with E-state index in [1.54, 1.807) is 11.8 Å². The van der Waals surface area contributed by atoms with E-state index in [0.29, 0.717) is 0 Å². The van der Waals surface area contributed by atoms with Crippen LogP contribution < -0.4 is 5.32 Å². The van der Waals surface area contributed by atoms with E-state index in [1.807, 2.05) is 0 Å². The van der Waals surface area contributed by atoms with Gasteiger partial charge in [-0.3, -0.25) is 0 Å². The van der Waals surface area contributed by atoms with Gasteiger partial charge in [-0.15, -0.1) is 0 Å². The number of ether oxygens (including phenoxy) is 1. The molecular weight excluding hydrogens is 242 g/mol. The van der Waals surface area contributed by atoms with Crippen molar-refractivity contribution in [2.45, 2.75) is 43.2 Å². The standard InChI is InChI=1S/C15H21NOS/c1-2-13(1)10-17-11-18-15-7-3-12(4-8-15)9-16-14-5-6-14/h3-4,7-8,13-14,16H,1-2,5-6,9-11H2. The summed E-state index contributed by atoms with van der Waals surface area (Å²) < 4.78 is 5.63. The second-order valence-corrected chi connectivity index (χ2v) is 6.37. The molecule has 2 fully saturated rings. The molecule has 0 spiro atoms. The summed E-state index contributed by atoms with van der Waals surface area (Å²) in [4.78, 5) is 1.31. The molecule has 0 unspecified atom stereocenters. The summed E-state index contributed by atoms with van der Waals surface area (Å²) in [5, 5.41) is 3.53. The molecule has 18 heavy (non-hydrogen) atoms. The van der Waals surface area contributed by atoms with Crippen molar-refractivity contribution in [3.8, 4) is 0 Å². The smallest absolute Gasteiger partial charge is 0.0967 e. The van der Waals surface area contributed by atoms with E-state index in [2.05, 4.69) is 29.6 Å². The van der Waals surface area contributed by atoms with Crippen molar-refractivity contribution < 1.29 is 4.74 Å². The Morgan fingerprint density at radius 2 is 1.89 bits per heavy atom. The molecule has 1 N–H and O–H groups in total. The number of nitrogens with one attached hydrogen (secondary N) is 1. The van der Waals surface area contributed by atoms with Crippen LogP contribution >= 0.6 is 11.8 Å². The lowest BCUT2D eigenvalue weighted by Gasteiger charge is -2.06. The van der Waals surface area contributed by atoms with Crippen molar-refractivity contribution in [3.63, 3.8) is 0 Å². The van der Waals surface area contributed by atoms with Crippen molar-refractivity contribution >= 4 is 11.8 Å². The van der Waals surface area contributed by atoms with E-state index in [1.165, 1.54) is 36.1 Å². The highest BCUT2D eigenvalue weighted by molar-refractivity contribution is 7.99. The van der Waals surface area contributed by atoms with Gasteiger partial charge in [-0.25, -0.2) is 0 Å². The lowest BCUT2D eigenvalue weighted by atomic mass is 10.2. The molecular formula is C15H21NOS. The molecule has 2 aliphatic carbocycles. The predicted molar refractivity (Wildman–Crippen MR) is 75.7 cm³/mol. The predicted octanol–water partition coefficient (Wildman–Crippen LogP) is 3.41. The number of hydrogen-bond donors (Lipinski definition) is 1. The fourth-order valence-corrected chi connectivity index (χ4v) is 2.51. The minimum Gasteiger partial charge on any atom is -0.370 e. The van der Waals surface area contributed by atoms with Crippen LogP contribution in [0.3, 0.4) is 0 Å². The first-order valence-electron chi connectivity index (χ1n) is 6.93. The molecule has 0 saturated heterocycles. The average Bonchev–Trinajstić information content (AvgIpc) is 3.28. The van der Waals surface area contributed by atoms with E-state index >= 15 is 0 Å². The van der Waals surface area contributed by atoms with Crippen LogP contribution in [0.4, 0.5) is 0 Å². The van der Waals surface area contributed by atoms with Gasteiger partial charge in [0.25, 0.3) is 0 Å². The lowest BCUT2D eigenvalue weighted by molar-refractivity contribution is 0.171. The zero-order valence-corrected chi connectivity index (χ0v) is 11.5. The third-order valence-electron chi connectivity index (χ3n) is 3.45. The minimum absolute atomic E-state index is 0.787. The summed E-state index contributed by atoms with van der Waals surface area (Å²) in [6, 6.07) is 9.64. The van der Waals surface area contributed by atoms with E-state index < -0.39 is 0 Å². The van der Waals surface area contributed by atoms with E-state index in [9.17, 15) is 0 Å². The van der Waals surface area contributed by atoms with Gasteiger partial charge in [0.1, 0.15) is 0 Å². The first-order valence-corrected chi connectivity index (χ1v) is 7.91. The van der Waals surface area contributed by atoms with Crippen molar-refractivity contribution in [1.29, 1.82) is 0 Å². The SMILES string of the molecule is c1cc(SCOCC2CC2)ccc1CNC1CC1. The van der Waals surface area contributed by atoms with Crippen LogP contribution in [0.1, 0.15) is 31.2 Å². The molecule has 3 rings (SSSR count). The van der Waals surface area contributed by atoms with Gasteiger partial charge in [0.05, 0.1) is 12.5 Å². The third kappa shape index (κ3) is 4.30. The van der Waals surface area contributed by atoms with Crippen LogP contribution in [0.5, 0.6) is 0 Å². The highest BCUT2D eigenvalue weighted by atomic mass is 32.2. The number of benzene rings is 1. The van der Waals surface area contributed by atoms with Crippen LogP contribution in [-0.2, 0) is 11.3 Å². The van der Waals surface area contributed by atoms with Crippen molar-refractivity contribution in [2.75, 3.05) is 12.5 Å². The van der Waals surface area contributed by atoms with Crippen molar-refractivity contribution in [3.05, 3.63) is 29.8 Å². The minimum atomic E-state index is 0.787. The molecule has 0 aromatic heterocycles. The zero-order chi connectivity index (χ0) is 12.2. The highest BCUT2D eigenvalue weighted by Crippen LogP contribution is 2.29. The Kier molecular flexibility index (Phi) is 4.24. The maximum absolute atomic E-state index is 5.63. The maximum atomic E-state index is 5.63. The van der Waals surface area contributed by atoms with Crippen molar-refractivity contribution in [2.24, 2.45) is 5.92 Å². The quantitative estimate of drug-likeness (QED) is 0.441. The Labute approximate surface area is 113 Å². The highest BCUT2D eigenvalue weighted by Gasteiger charge is 2.21. The van der Waals surface area contributed by atoms with E-state index in [0.717, 1.165) is 31.1 Å². The molecule has 0 atom stereocenters. The summed E-state index contributed by atoms with van der Waals surface area (Å²) in [5.41, 5.74) is 1.38. The molecule has 1 aromatic rings. The summed E-state index contributed by atoms with van der Waals surface area (Å²) in [6.45, 7) is 1.96. The maximum Gasteiger partial charge on any atom is 0.0967 e. The van der Waals surface area contributed by atoms with Crippen LogP contribution in [0, 0.1) is 5.92 Å². The molecule has 0 bridgehead atoms. The molecule has 0 radical (unpaired) electrons. The number of rotatable bonds is 8. The summed E-state index contributed by atoms with van der Waals surface area (Å²) in [5.74, 6) is 1.65. The van der Waals surface area contributed by atoms with Gasteiger partial charge in [0.2, 0.25) is 0 Å². The second-order valence-electron chi connectivity index (χ2n) is 5.38. The number of thioether (sulfide) groups is 1.